The van der Waals surface area contributed by atoms with Crippen LogP contribution in [0.15, 0.2) is 24.3 Å². The first kappa shape index (κ1) is 9.76. The lowest BCUT2D eigenvalue weighted by Gasteiger charge is -2.00. The molecule has 0 N–H and O–H groups in total. The Morgan fingerprint density at radius 3 is 2.57 bits per heavy atom. The summed E-state index contributed by atoms with van der Waals surface area (Å²) in [7, 11) is 1.82. The largest absolute Gasteiger partial charge is 0.241 e. The van der Waals surface area contributed by atoms with Crippen LogP contribution >= 0.6 is 22.6 Å². The molecule has 0 aliphatic rings. The molecule has 0 atom stereocenters. The standard InChI is InChI=1S/C10H7F2IN/c1-14-8-4-3-7(11)10(12)6(8)2-5-9(14)13/h2-5H,1H3/q+1. The molecule has 0 fully saturated rings. The maximum atomic E-state index is 13.3. The van der Waals surface area contributed by atoms with E-state index in [2.05, 4.69) is 22.6 Å². The Balaban J connectivity index is 2.94. The number of pyridine rings is 1. The van der Waals surface area contributed by atoms with Gasteiger partial charge in [-0.3, -0.25) is 0 Å². The predicted molar refractivity (Wildman–Crippen MR) is 57.8 cm³/mol. The highest BCUT2D eigenvalue weighted by Gasteiger charge is 2.14. The van der Waals surface area contributed by atoms with Crippen LogP contribution in [-0.4, -0.2) is 0 Å². The van der Waals surface area contributed by atoms with Gasteiger partial charge in [0.15, 0.2) is 11.6 Å². The normalized spacial score (nSPS) is 10.9. The molecule has 0 amide bonds. The number of nitrogens with zero attached hydrogens (tertiary/aromatic N) is 1. The van der Waals surface area contributed by atoms with E-state index in [1.165, 1.54) is 0 Å². The summed E-state index contributed by atoms with van der Waals surface area (Å²) in [6.45, 7) is 0. The van der Waals surface area contributed by atoms with Gasteiger partial charge < -0.3 is 0 Å². The average Bonchev–Trinajstić information content (AvgIpc) is 2.17. The van der Waals surface area contributed by atoms with Crippen LogP contribution in [-0.2, 0) is 7.05 Å². The summed E-state index contributed by atoms with van der Waals surface area (Å²) < 4.78 is 29.0. The van der Waals surface area contributed by atoms with Crippen molar-refractivity contribution in [1.29, 1.82) is 0 Å². The summed E-state index contributed by atoms with van der Waals surface area (Å²) in [5, 5.41) is 0.313. The molecule has 2 rings (SSSR count). The molecule has 0 aliphatic carbocycles. The molecule has 1 heterocycles. The van der Waals surface area contributed by atoms with Gasteiger partial charge in [-0.1, -0.05) is 0 Å². The zero-order valence-corrected chi connectivity index (χ0v) is 9.55. The minimum Gasteiger partial charge on any atom is -0.204 e. The Labute approximate surface area is 93.5 Å². The second kappa shape index (κ2) is 3.42. The van der Waals surface area contributed by atoms with E-state index in [0.717, 1.165) is 9.77 Å². The Morgan fingerprint density at radius 1 is 1.14 bits per heavy atom. The van der Waals surface area contributed by atoms with Crippen LogP contribution < -0.4 is 4.57 Å². The summed E-state index contributed by atoms with van der Waals surface area (Å²) >= 11 is 2.14. The third-order valence-corrected chi connectivity index (χ3v) is 3.26. The van der Waals surface area contributed by atoms with E-state index in [4.69, 9.17) is 0 Å². The van der Waals surface area contributed by atoms with Crippen molar-refractivity contribution >= 4 is 33.5 Å². The van der Waals surface area contributed by atoms with Gasteiger partial charge in [-0.25, -0.2) is 8.78 Å². The van der Waals surface area contributed by atoms with Crippen molar-refractivity contribution < 1.29 is 13.3 Å². The van der Waals surface area contributed by atoms with Gasteiger partial charge in [0.1, 0.15) is 7.05 Å². The van der Waals surface area contributed by atoms with Crippen LogP contribution in [0.5, 0.6) is 0 Å². The van der Waals surface area contributed by atoms with Crippen molar-refractivity contribution in [2.24, 2.45) is 7.05 Å². The summed E-state index contributed by atoms with van der Waals surface area (Å²) in [4.78, 5) is 0. The van der Waals surface area contributed by atoms with Crippen LogP contribution in [0, 0.1) is 15.3 Å². The van der Waals surface area contributed by atoms with E-state index in [1.54, 1.807) is 18.2 Å². The number of halogens is 3. The Morgan fingerprint density at radius 2 is 1.86 bits per heavy atom. The van der Waals surface area contributed by atoms with E-state index in [0.29, 0.717) is 10.9 Å². The van der Waals surface area contributed by atoms with Crippen molar-refractivity contribution in [3.8, 4) is 0 Å². The van der Waals surface area contributed by atoms with E-state index in [-0.39, 0.29) is 0 Å². The van der Waals surface area contributed by atoms with Gasteiger partial charge in [0, 0.05) is 34.7 Å². The molecule has 0 bridgehead atoms. The fourth-order valence-electron chi connectivity index (χ4n) is 1.39. The lowest BCUT2D eigenvalue weighted by Crippen LogP contribution is -2.33. The minimum absolute atomic E-state index is 0.313. The first-order valence-electron chi connectivity index (χ1n) is 4.03. The predicted octanol–water partition coefficient (Wildman–Crippen LogP) is 2.55. The van der Waals surface area contributed by atoms with Crippen molar-refractivity contribution in [2.75, 3.05) is 0 Å². The number of fused-ring (bicyclic) bond motifs is 1. The average molecular weight is 306 g/mol. The third-order valence-electron chi connectivity index (χ3n) is 2.18. The number of benzene rings is 1. The molecule has 1 aromatic heterocycles. The van der Waals surface area contributed by atoms with Gasteiger partial charge in [-0.2, -0.15) is 4.57 Å². The number of aromatic nitrogens is 1. The quantitative estimate of drug-likeness (QED) is 0.400. The van der Waals surface area contributed by atoms with E-state index in [9.17, 15) is 8.78 Å². The van der Waals surface area contributed by atoms with E-state index < -0.39 is 11.6 Å². The summed E-state index contributed by atoms with van der Waals surface area (Å²) in [6.07, 6.45) is 0. The molecule has 0 spiro atoms. The zero-order valence-electron chi connectivity index (χ0n) is 7.39. The molecule has 1 aromatic carbocycles. The molecular weight excluding hydrogens is 299 g/mol. The lowest BCUT2D eigenvalue weighted by atomic mass is 10.2. The van der Waals surface area contributed by atoms with Crippen LogP contribution in [0.3, 0.4) is 0 Å². The highest BCUT2D eigenvalue weighted by Crippen LogP contribution is 2.18. The number of hydrogen-bond donors (Lipinski definition) is 0. The SMILES string of the molecule is C[n+]1c(I)ccc2c(F)c(F)ccc21. The first-order valence-corrected chi connectivity index (χ1v) is 5.11. The van der Waals surface area contributed by atoms with Crippen molar-refractivity contribution in [2.45, 2.75) is 0 Å². The molecule has 4 heteroatoms. The fraction of sp³-hybridized carbons (Fsp3) is 0.100. The molecule has 72 valence electrons. The molecular formula is C10H7F2IN+. The van der Waals surface area contributed by atoms with Gasteiger partial charge in [0.25, 0.3) is 0 Å². The van der Waals surface area contributed by atoms with Gasteiger partial charge in [0.2, 0.25) is 9.22 Å². The van der Waals surface area contributed by atoms with Crippen LogP contribution in [0.4, 0.5) is 8.78 Å². The fourth-order valence-corrected chi connectivity index (χ4v) is 1.83. The molecule has 2 aromatic rings. The van der Waals surface area contributed by atoms with Gasteiger partial charge in [-0.15, -0.1) is 0 Å². The Hall–Kier alpha value is -0.780. The third kappa shape index (κ3) is 1.37. The topological polar surface area (TPSA) is 3.88 Å². The van der Waals surface area contributed by atoms with E-state index in [1.807, 2.05) is 11.6 Å². The second-order valence-electron chi connectivity index (χ2n) is 3.01. The molecule has 0 unspecified atom stereocenters. The summed E-state index contributed by atoms with van der Waals surface area (Å²) in [5.41, 5.74) is 0.691. The highest BCUT2D eigenvalue weighted by molar-refractivity contribution is 14.1. The van der Waals surface area contributed by atoms with Crippen LogP contribution in [0.2, 0.25) is 0 Å². The smallest absolute Gasteiger partial charge is 0.204 e. The summed E-state index contributed by atoms with van der Waals surface area (Å²) in [6, 6.07) is 6.07. The number of hydrogen-bond acceptors (Lipinski definition) is 0. The Kier molecular flexibility index (Phi) is 2.38. The zero-order chi connectivity index (χ0) is 10.3. The highest BCUT2D eigenvalue weighted by atomic mass is 127. The number of aryl methyl sites for hydroxylation is 1. The number of rotatable bonds is 0. The summed E-state index contributed by atoms with van der Waals surface area (Å²) in [5.74, 6) is -1.59. The van der Waals surface area contributed by atoms with Crippen LogP contribution in [0.1, 0.15) is 0 Å². The molecule has 14 heavy (non-hydrogen) atoms. The van der Waals surface area contributed by atoms with E-state index >= 15 is 0 Å². The van der Waals surface area contributed by atoms with Gasteiger partial charge >= 0.3 is 0 Å². The van der Waals surface area contributed by atoms with Crippen molar-refractivity contribution in [3.05, 3.63) is 39.6 Å². The maximum Gasteiger partial charge on any atom is 0.241 e. The monoisotopic (exact) mass is 306 g/mol. The van der Waals surface area contributed by atoms with Gasteiger partial charge in [-0.05, 0) is 12.1 Å². The molecule has 0 saturated heterocycles. The molecule has 0 radical (unpaired) electrons. The second-order valence-corrected chi connectivity index (χ2v) is 4.11. The molecule has 0 aliphatic heterocycles. The lowest BCUT2D eigenvalue weighted by molar-refractivity contribution is -0.658. The van der Waals surface area contributed by atoms with Crippen molar-refractivity contribution in [1.82, 2.24) is 0 Å². The first-order chi connectivity index (χ1) is 6.61. The Bertz CT molecular complexity index is 464. The van der Waals surface area contributed by atoms with Crippen LogP contribution in [0.25, 0.3) is 10.9 Å². The molecule has 1 nitrogen and oxygen atoms in total. The van der Waals surface area contributed by atoms with Gasteiger partial charge in [0.05, 0.1) is 5.39 Å². The molecule has 0 saturated carbocycles. The maximum absolute atomic E-state index is 13.3. The minimum atomic E-state index is -0.807. The van der Waals surface area contributed by atoms with Crippen molar-refractivity contribution in [3.63, 3.8) is 0 Å².